The zero-order valence-electron chi connectivity index (χ0n) is 13.1. The van der Waals surface area contributed by atoms with E-state index in [1.54, 1.807) is 48.5 Å². The van der Waals surface area contributed by atoms with Crippen LogP contribution >= 0.6 is 0 Å². The molecule has 0 fully saturated rings. The minimum atomic E-state index is -2.09. The molecule has 0 heterocycles. The summed E-state index contributed by atoms with van der Waals surface area (Å²) in [6.07, 6.45) is 0. The number of hydrogen-bond donors (Lipinski definition) is 0. The fourth-order valence-corrected chi connectivity index (χ4v) is 2.02. The van der Waals surface area contributed by atoms with Crippen molar-refractivity contribution < 1.29 is 76.6 Å². The smallest absolute Gasteiger partial charge is 0.768 e. The van der Waals surface area contributed by atoms with Crippen LogP contribution in [0.15, 0.2) is 58.3 Å². The van der Waals surface area contributed by atoms with Crippen LogP contribution in [0.3, 0.4) is 0 Å². The van der Waals surface area contributed by atoms with Crippen molar-refractivity contribution in [2.75, 3.05) is 0 Å². The molecule has 0 aliphatic heterocycles. The molecule has 2 aromatic carbocycles. The van der Waals surface area contributed by atoms with Gasteiger partial charge in [-0.2, -0.15) is 0 Å². The third-order valence-corrected chi connectivity index (χ3v) is 3.74. The SMILES string of the molecule is Cc1ccc(S(=O)[O-])cc1.Cc1ccc(S(=O)[O-])cc1.[Na+].[Na+]. The summed E-state index contributed by atoms with van der Waals surface area (Å²) in [4.78, 5) is 0.677. The van der Waals surface area contributed by atoms with E-state index in [1.807, 2.05) is 13.8 Å². The second-order valence-corrected chi connectivity index (χ2v) is 5.98. The monoisotopic (exact) mass is 356 g/mol. The molecule has 2 atom stereocenters. The Hall–Kier alpha value is 0.660. The van der Waals surface area contributed by atoms with E-state index in [0.29, 0.717) is 9.79 Å². The number of rotatable bonds is 2. The van der Waals surface area contributed by atoms with Crippen molar-refractivity contribution in [2.45, 2.75) is 23.6 Å². The molecule has 2 unspecified atom stereocenters. The first-order valence-electron chi connectivity index (χ1n) is 5.72. The number of aryl methyl sites for hydroxylation is 2. The van der Waals surface area contributed by atoms with E-state index >= 15 is 0 Å². The van der Waals surface area contributed by atoms with Crippen molar-refractivity contribution in [3.05, 3.63) is 59.7 Å². The van der Waals surface area contributed by atoms with E-state index in [0.717, 1.165) is 11.1 Å². The molecule has 2 aromatic rings. The van der Waals surface area contributed by atoms with Crippen molar-refractivity contribution >= 4 is 22.2 Å². The van der Waals surface area contributed by atoms with E-state index in [1.165, 1.54) is 0 Å². The van der Waals surface area contributed by atoms with Gasteiger partial charge in [0.05, 0.1) is 0 Å². The van der Waals surface area contributed by atoms with Crippen LogP contribution < -0.4 is 59.1 Å². The molecule has 0 spiro atoms. The van der Waals surface area contributed by atoms with E-state index in [4.69, 9.17) is 0 Å². The fourth-order valence-electron chi connectivity index (χ4n) is 1.30. The normalized spacial score (nSPS) is 11.8. The molecule has 8 heteroatoms. The topological polar surface area (TPSA) is 80.3 Å². The van der Waals surface area contributed by atoms with Crippen LogP contribution in [0.1, 0.15) is 11.1 Å². The molecule has 0 saturated heterocycles. The summed E-state index contributed by atoms with van der Waals surface area (Å²) < 4.78 is 41.2. The second-order valence-electron chi connectivity index (χ2n) is 4.10. The van der Waals surface area contributed by atoms with E-state index in [9.17, 15) is 17.5 Å². The van der Waals surface area contributed by atoms with Gasteiger partial charge in [0.25, 0.3) is 0 Å². The first-order valence-corrected chi connectivity index (χ1v) is 7.87. The zero-order valence-corrected chi connectivity index (χ0v) is 18.7. The quantitative estimate of drug-likeness (QED) is 0.413. The van der Waals surface area contributed by atoms with E-state index in [2.05, 4.69) is 0 Å². The number of hydrogen-bond acceptors (Lipinski definition) is 4. The van der Waals surface area contributed by atoms with Gasteiger partial charge < -0.3 is 9.11 Å². The largest absolute Gasteiger partial charge is 1.00 e. The minimum absolute atomic E-state index is 0. The van der Waals surface area contributed by atoms with Gasteiger partial charge in [0, 0.05) is 9.79 Å². The molecule has 0 aromatic heterocycles. The predicted molar refractivity (Wildman–Crippen MR) is 76.7 cm³/mol. The molecular weight excluding hydrogens is 342 g/mol. The van der Waals surface area contributed by atoms with Gasteiger partial charge in [-0.3, -0.25) is 8.42 Å². The Bertz CT molecular complexity index is 546. The van der Waals surface area contributed by atoms with Crippen molar-refractivity contribution in [3.63, 3.8) is 0 Å². The zero-order chi connectivity index (χ0) is 15.1. The molecule has 2 rings (SSSR count). The maximum absolute atomic E-state index is 10.3. The molecule has 0 radical (unpaired) electrons. The van der Waals surface area contributed by atoms with Crippen LogP contribution in [-0.4, -0.2) is 17.5 Å². The summed E-state index contributed by atoms with van der Waals surface area (Å²) in [6, 6.07) is 13.4. The fraction of sp³-hybridized carbons (Fsp3) is 0.143. The predicted octanol–water partition coefficient (Wildman–Crippen LogP) is -3.53. The first kappa shape index (κ1) is 24.9. The van der Waals surface area contributed by atoms with Gasteiger partial charge in [-0.1, -0.05) is 35.4 Å². The summed E-state index contributed by atoms with van der Waals surface area (Å²) in [5.41, 5.74) is 2.13. The minimum Gasteiger partial charge on any atom is -0.768 e. The van der Waals surface area contributed by atoms with Gasteiger partial charge in [-0.15, -0.1) is 0 Å². The van der Waals surface area contributed by atoms with Gasteiger partial charge >= 0.3 is 59.1 Å². The second kappa shape index (κ2) is 13.0. The van der Waals surface area contributed by atoms with Gasteiger partial charge in [0.1, 0.15) is 0 Å². The van der Waals surface area contributed by atoms with Crippen LogP contribution in [0, 0.1) is 13.8 Å². The summed E-state index contributed by atoms with van der Waals surface area (Å²) in [5.74, 6) is 0. The molecule has 22 heavy (non-hydrogen) atoms. The Balaban J connectivity index is 0. The van der Waals surface area contributed by atoms with E-state index in [-0.39, 0.29) is 59.1 Å². The Morgan fingerprint density at radius 1 is 0.636 bits per heavy atom. The van der Waals surface area contributed by atoms with Gasteiger partial charge in [0.2, 0.25) is 0 Å². The summed E-state index contributed by atoms with van der Waals surface area (Å²) >= 11 is -4.17. The van der Waals surface area contributed by atoms with Crippen molar-refractivity contribution in [1.29, 1.82) is 0 Å². The Morgan fingerprint density at radius 2 is 0.864 bits per heavy atom. The van der Waals surface area contributed by atoms with Crippen molar-refractivity contribution in [1.82, 2.24) is 0 Å². The Labute approximate surface area is 180 Å². The average Bonchev–Trinajstić information content (AvgIpc) is 2.40. The Kier molecular flexibility index (Phi) is 14.7. The van der Waals surface area contributed by atoms with Gasteiger partial charge in [0.15, 0.2) is 0 Å². The summed E-state index contributed by atoms with van der Waals surface area (Å²) in [7, 11) is 0. The Morgan fingerprint density at radius 3 is 1.05 bits per heavy atom. The average molecular weight is 356 g/mol. The van der Waals surface area contributed by atoms with Crippen LogP contribution in [0.2, 0.25) is 0 Å². The molecule has 0 aliphatic carbocycles. The van der Waals surface area contributed by atoms with Crippen LogP contribution in [-0.2, 0) is 22.2 Å². The summed E-state index contributed by atoms with van der Waals surface area (Å²) in [6.45, 7) is 3.83. The molecule has 4 nitrogen and oxygen atoms in total. The van der Waals surface area contributed by atoms with Gasteiger partial charge in [-0.05, 0) is 60.3 Å². The maximum Gasteiger partial charge on any atom is 1.00 e. The van der Waals surface area contributed by atoms with Crippen LogP contribution in [0.5, 0.6) is 0 Å². The molecule has 108 valence electrons. The van der Waals surface area contributed by atoms with Crippen molar-refractivity contribution in [3.8, 4) is 0 Å². The third kappa shape index (κ3) is 9.72. The van der Waals surface area contributed by atoms with Gasteiger partial charge in [-0.25, -0.2) is 0 Å². The molecule has 0 aliphatic rings. The van der Waals surface area contributed by atoms with Crippen LogP contribution in [0.25, 0.3) is 0 Å². The third-order valence-electron chi connectivity index (χ3n) is 2.43. The molecule has 0 amide bonds. The number of benzene rings is 2. The summed E-state index contributed by atoms with van der Waals surface area (Å²) in [5, 5.41) is 0. The van der Waals surface area contributed by atoms with Crippen molar-refractivity contribution in [2.24, 2.45) is 0 Å². The molecule has 0 bridgehead atoms. The molecular formula is C14H14Na2O4S2. The maximum atomic E-state index is 10.3. The molecule has 0 saturated carbocycles. The van der Waals surface area contributed by atoms with E-state index < -0.39 is 22.2 Å². The van der Waals surface area contributed by atoms with Crippen LogP contribution in [0.4, 0.5) is 0 Å². The first-order chi connectivity index (χ1) is 9.40. The standard InChI is InChI=1S/2C7H8O2S.2Na/c2*1-6-2-4-7(5-3-6)10(8)9;;/h2*2-5H,1H3,(H,8,9);;/q;;2*+1/p-2. The molecule has 0 N–H and O–H groups in total.